The number of halogens is 3. The molecule has 0 amide bonds. The minimum absolute atomic E-state index is 0.358. The monoisotopic (exact) mass is 295 g/mol. The Bertz CT molecular complexity index is 661. The molecule has 1 aromatic carbocycles. The van der Waals surface area contributed by atoms with Gasteiger partial charge in [0.05, 0.1) is 5.52 Å². The molecule has 6 heteroatoms. The van der Waals surface area contributed by atoms with E-state index >= 15 is 0 Å². The summed E-state index contributed by atoms with van der Waals surface area (Å²) in [6.07, 6.45) is -2.13. The summed E-state index contributed by atoms with van der Waals surface area (Å²) in [5.74, 6) is 0. The summed E-state index contributed by atoms with van der Waals surface area (Å²) in [6.45, 7) is 1.99. The maximum Gasteiger partial charge on any atom is 0.433 e. The summed E-state index contributed by atoms with van der Waals surface area (Å²) in [6, 6.07) is 6.50. The Hall–Kier alpha value is -1.98. The second-order valence-electron chi connectivity index (χ2n) is 5.20. The van der Waals surface area contributed by atoms with Crippen LogP contribution in [0.4, 0.5) is 24.5 Å². The average Bonchev–Trinajstić information content (AvgIpc) is 2.98. The summed E-state index contributed by atoms with van der Waals surface area (Å²) < 4.78 is 38.6. The number of anilines is 2. The summed E-state index contributed by atoms with van der Waals surface area (Å²) in [5.41, 5.74) is 0.983. The van der Waals surface area contributed by atoms with Gasteiger partial charge in [-0.3, -0.25) is 0 Å². The Labute approximate surface area is 120 Å². The number of pyridine rings is 1. The van der Waals surface area contributed by atoms with Crippen molar-refractivity contribution in [1.29, 1.82) is 0 Å². The zero-order valence-electron chi connectivity index (χ0n) is 11.7. The number of nitrogens with one attached hydrogen (secondary N) is 1. The van der Waals surface area contributed by atoms with Gasteiger partial charge in [-0.15, -0.1) is 0 Å². The summed E-state index contributed by atoms with van der Waals surface area (Å²) in [5, 5.41) is 3.56. The third-order valence-corrected chi connectivity index (χ3v) is 3.82. The lowest BCUT2D eigenvalue weighted by Crippen LogP contribution is -2.17. The van der Waals surface area contributed by atoms with Crippen molar-refractivity contribution in [2.24, 2.45) is 0 Å². The van der Waals surface area contributed by atoms with Crippen LogP contribution in [0.2, 0.25) is 0 Å². The van der Waals surface area contributed by atoms with Crippen LogP contribution < -0.4 is 10.2 Å². The highest BCUT2D eigenvalue weighted by molar-refractivity contribution is 5.94. The third kappa shape index (κ3) is 2.62. The number of nitrogens with zero attached hydrogens (tertiary/aromatic N) is 2. The van der Waals surface area contributed by atoms with E-state index < -0.39 is 11.9 Å². The van der Waals surface area contributed by atoms with Gasteiger partial charge >= 0.3 is 6.18 Å². The quantitative estimate of drug-likeness (QED) is 0.911. The van der Waals surface area contributed by atoms with E-state index in [9.17, 15) is 13.2 Å². The molecule has 2 heterocycles. The molecule has 0 bridgehead atoms. The van der Waals surface area contributed by atoms with Gasteiger partial charge < -0.3 is 10.2 Å². The first-order valence-electron chi connectivity index (χ1n) is 6.94. The standard InChI is InChI=1S/C15H16F3N3/c1-19-13-9-14(15(16,17)18)20-12-5-4-10(8-11(12)13)21-6-2-3-7-21/h4-5,8-9H,2-3,6-7H2,1H3,(H,19,20). The maximum atomic E-state index is 12.9. The van der Waals surface area contributed by atoms with Crippen LogP contribution in [0.25, 0.3) is 10.9 Å². The van der Waals surface area contributed by atoms with Gasteiger partial charge in [-0.2, -0.15) is 13.2 Å². The van der Waals surface area contributed by atoms with Gasteiger partial charge in [-0.05, 0) is 37.1 Å². The van der Waals surface area contributed by atoms with E-state index in [0.29, 0.717) is 11.2 Å². The van der Waals surface area contributed by atoms with Crippen molar-refractivity contribution in [2.45, 2.75) is 19.0 Å². The predicted molar refractivity (Wildman–Crippen MR) is 77.7 cm³/mol. The summed E-state index contributed by atoms with van der Waals surface area (Å²) in [7, 11) is 1.62. The van der Waals surface area contributed by atoms with Gasteiger partial charge in [-0.25, -0.2) is 4.98 Å². The lowest BCUT2D eigenvalue weighted by atomic mass is 10.1. The molecule has 2 aromatic rings. The number of alkyl halides is 3. The molecule has 21 heavy (non-hydrogen) atoms. The first-order valence-corrected chi connectivity index (χ1v) is 6.94. The summed E-state index contributed by atoms with van der Waals surface area (Å²) >= 11 is 0. The van der Waals surface area contributed by atoms with Crippen LogP contribution in [0.15, 0.2) is 24.3 Å². The topological polar surface area (TPSA) is 28.2 Å². The van der Waals surface area contributed by atoms with Crippen molar-refractivity contribution in [2.75, 3.05) is 30.4 Å². The minimum atomic E-state index is -4.44. The number of hydrogen-bond donors (Lipinski definition) is 1. The Morgan fingerprint density at radius 3 is 2.48 bits per heavy atom. The van der Waals surface area contributed by atoms with E-state index in [1.54, 1.807) is 13.1 Å². The van der Waals surface area contributed by atoms with Crippen LogP contribution in [0, 0.1) is 0 Å². The highest BCUT2D eigenvalue weighted by Gasteiger charge is 2.33. The van der Waals surface area contributed by atoms with E-state index in [-0.39, 0.29) is 0 Å². The van der Waals surface area contributed by atoms with Gasteiger partial charge in [0.2, 0.25) is 0 Å². The van der Waals surface area contributed by atoms with Gasteiger partial charge in [0.15, 0.2) is 0 Å². The normalized spacial score (nSPS) is 15.7. The second kappa shape index (κ2) is 5.09. The van der Waals surface area contributed by atoms with E-state index in [4.69, 9.17) is 0 Å². The molecule has 1 saturated heterocycles. The number of benzene rings is 1. The number of hydrogen-bond acceptors (Lipinski definition) is 3. The first kappa shape index (κ1) is 14.0. The van der Waals surface area contributed by atoms with Gasteiger partial charge in [0.25, 0.3) is 0 Å². The highest BCUT2D eigenvalue weighted by Crippen LogP contribution is 2.34. The Balaban J connectivity index is 2.12. The van der Waals surface area contributed by atoms with E-state index in [1.165, 1.54) is 0 Å². The van der Waals surface area contributed by atoms with Gasteiger partial charge in [0.1, 0.15) is 5.69 Å². The molecule has 0 atom stereocenters. The average molecular weight is 295 g/mol. The van der Waals surface area contributed by atoms with Crippen LogP contribution in [0.1, 0.15) is 18.5 Å². The molecule has 0 spiro atoms. The molecule has 1 aliphatic heterocycles. The van der Waals surface area contributed by atoms with Crippen molar-refractivity contribution in [3.8, 4) is 0 Å². The second-order valence-corrected chi connectivity index (χ2v) is 5.20. The van der Waals surface area contributed by atoms with Crippen molar-refractivity contribution in [1.82, 2.24) is 4.98 Å². The molecule has 3 rings (SSSR count). The zero-order chi connectivity index (χ0) is 15.0. The van der Waals surface area contributed by atoms with Crippen LogP contribution in [-0.4, -0.2) is 25.1 Å². The van der Waals surface area contributed by atoms with Gasteiger partial charge in [-0.1, -0.05) is 0 Å². The Morgan fingerprint density at radius 2 is 1.86 bits per heavy atom. The number of rotatable bonds is 2. The van der Waals surface area contributed by atoms with Crippen molar-refractivity contribution in [3.05, 3.63) is 30.0 Å². The zero-order valence-corrected chi connectivity index (χ0v) is 11.7. The molecule has 112 valence electrons. The molecular formula is C15H16F3N3. The molecule has 1 N–H and O–H groups in total. The van der Waals surface area contributed by atoms with Crippen LogP contribution in [-0.2, 0) is 6.18 Å². The SMILES string of the molecule is CNc1cc(C(F)(F)F)nc2ccc(N3CCCC3)cc12. The fourth-order valence-corrected chi connectivity index (χ4v) is 2.74. The van der Waals surface area contributed by atoms with E-state index in [0.717, 1.165) is 43.1 Å². The number of aromatic nitrogens is 1. The van der Waals surface area contributed by atoms with E-state index in [1.807, 2.05) is 12.1 Å². The fraction of sp³-hybridized carbons (Fsp3) is 0.400. The van der Waals surface area contributed by atoms with Crippen LogP contribution in [0.5, 0.6) is 0 Å². The van der Waals surface area contributed by atoms with Crippen LogP contribution >= 0.6 is 0 Å². The maximum absolute atomic E-state index is 12.9. The lowest BCUT2D eigenvalue weighted by Gasteiger charge is -2.19. The molecule has 1 aromatic heterocycles. The molecule has 0 unspecified atom stereocenters. The predicted octanol–water partition coefficient (Wildman–Crippen LogP) is 3.90. The molecule has 0 saturated carbocycles. The fourth-order valence-electron chi connectivity index (χ4n) is 2.74. The first-order chi connectivity index (χ1) is 9.99. The Kier molecular flexibility index (Phi) is 3.39. The smallest absolute Gasteiger partial charge is 0.388 e. The number of fused-ring (bicyclic) bond motifs is 1. The third-order valence-electron chi connectivity index (χ3n) is 3.82. The summed E-state index contributed by atoms with van der Waals surface area (Å²) in [4.78, 5) is 5.99. The Morgan fingerprint density at radius 1 is 1.14 bits per heavy atom. The molecule has 0 aliphatic carbocycles. The van der Waals surface area contributed by atoms with Crippen molar-refractivity contribution >= 4 is 22.3 Å². The molecular weight excluding hydrogens is 279 g/mol. The molecule has 0 radical (unpaired) electrons. The molecule has 1 aliphatic rings. The lowest BCUT2D eigenvalue weighted by molar-refractivity contribution is -0.140. The molecule has 1 fully saturated rings. The van der Waals surface area contributed by atoms with E-state index in [2.05, 4.69) is 15.2 Å². The van der Waals surface area contributed by atoms with Crippen molar-refractivity contribution < 1.29 is 13.2 Å². The van der Waals surface area contributed by atoms with Crippen molar-refractivity contribution in [3.63, 3.8) is 0 Å². The molecule has 3 nitrogen and oxygen atoms in total. The highest BCUT2D eigenvalue weighted by atomic mass is 19.4. The largest absolute Gasteiger partial charge is 0.433 e. The van der Waals surface area contributed by atoms with Gasteiger partial charge in [0, 0.05) is 36.9 Å². The minimum Gasteiger partial charge on any atom is -0.388 e. The van der Waals surface area contributed by atoms with Crippen LogP contribution in [0.3, 0.4) is 0 Å².